The lowest BCUT2D eigenvalue weighted by Gasteiger charge is -2.26. The smallest absolute Gasteiger partial charge is 0.0434 e. The van der Waals surface area contributed by atoms with Gasteiger partial charge in [-0.3, -0.25) is 0 Å². The Bertz CT molecular complexity index is 3340. The molecule has 0 amide bonds. The second kappa shape index (κ2) is 11.9. The van der Waals surface area contributed by atoms with Crippen molar-refractivity contribution in [3.8, 4) is 66.8 Å². The Morgan fingerprint density at radius 2 is 0.655 bits per heavy atom. The maximum absolute atomic E-state index is 2.48. The molecule has 0 radical (unpaired) electrons. The van der Waals surface area contributed by atoms with E-state index in [4.69, 9.17) is 0 Å². The molecule has 0 nitrogen and oxygen atoms in total. The molecule has 0 saturated heterocycles. The van der Waals surface area contributed by atoms with Gasteiger partial charge in [0.2, 0.25) is 0 Å². The van der Waals surface area contributed by atoms with E-state index < -0.39 is 0 Å². The molecule has 1 heteroatoms. The molecule has 0 N–H and O–H groups in total. The van der Waals surface area contributed by atoms with Crippen molar-refractivity contribution in [2.24, 2.45) is 0 Å². The van der Waals surface area contributed by atoms with Gasteiger partial charge >= 0.3 is 0 Å². The number of hydrogen-bond donors (Lipinski definition) is 0. The Balaban J connectivity index is 1.24. The van der Waals surface area contributed by atoms with Crippen molar-refractivity contribution in [1.82, 2.24) is 0 Å². The van der Waals surface area contributed by atoms with Gasteiger partial charge in [-0.05, 0) is 118 Å². The molecule has 0 spiro atoms. The number of benzene rings is 10. The molecule has 1 aliphatic carbocycles. The van der Waals surface area contributed by atoms with Crippen LogP contribution in [0.15, 0.2) is 194 Å². The van der Waals surface area contributed by atoms with Crippen LogP contribution in [0, 0.1) is 0 Å². The van der Waals surface area contributed by atoms with Gasteiger partial charge in [-0.25, -0.2) is 0 Å². The molecule has 1 heterocycles. The molecule has 1 aliphatic rings. The van der Waals surface area contributed by atoms with Crippen molar-refractivity contribution in [2.45, 2.75) is 0 Å². The summed E-state index contributed by atoms with van der Waals surface area (Å²) in [5.74, 6) is 0. The zero-order valence-corrected chi connectivity index (χ0v) is 30.7. The van der Waals surface area contributed by atoms with Crippen molar-refractivity contribution in [1.29, 1.82) is 0 Å². The number of rotatable bonds is 2. The van der Waals surface area contributed by atoms with Gasteiger partial charge in [0.15, 0.2) is 0 Å². The molecule has 254 valence electrons. The summed E-state index contributed by atoms with van der Waals surface area (Å²) in [4.78, 5) is 0. The third kappa shape index (κ3) is 4.51. The van der Waals surface area contributed by atoms with Gasteiger partial charge in [0.05, 0.1) is 0 Å². The summed E-state index contributed by atoms with van der Waals surface area (Å²) in [7, 11) is 0. The maximum Gasteiger partial charge on any atom is 0.0434 e. The van der Waals surface area contributed by atoms with Gasteiger partial charge in [0, 0.05) is 25.7 Å². The summed E-state index contributed by atoms with van der Waals surface area (Å²) in [6.45, 7) is 0. The molecule has 0 fully saturated rings. The van der Waals surface area contributed by atoms with Crippen molar-refractivity contribution in [2.75, 3.05) is 0 Å². The molecule has 12 rings (SSSR count). The molecule has 0 bridgehead atoms. The Morgan fingerprint density at radius 3 is 1.27 bits per heavy atom. The zero-order valence-electron chi connectivity index (χ0n) is 29.9. The van der Waals surface area contributed by atoms with Crippen LogP contribution in [0.25, 0.3) is 119 Å². The van der Waals surface area contributed by atoms with Crippen molar-refractivity contribution >= 4 is 63.8 Å². The number of fused-ring (bicyclic) bond motifs is 17. The van der Waals surface area contributed by atoms with E-state index in [9.17, 15) is 0 Å². The van der Waals surface area contributed by atoms with Gasteiger partial charge in [-0.15, -0.1) is 11.3 Å². The topological polar surface area (TPSA) is 0 Å². The molecule has 0 saturated carbocycles. The number of hydrogen-bond acceptors (Lipinski definition) is 1. The largest absolute Gasteiger partial charge is 0.135 e. The fourth-order valence-corrected chi connectivity index (χ4v) is 10.6. The molecule has 0 aliphatic heterocycles. The van der Waals surface area contributed by atoms with E-state index in [1.807, 2.05) is 11.3 Å². The van der Waals surface area contributed by atoms with Crippen LogP contribution in [0.5, 0.6) is 0 Å². The third-order valence-corrected chi connectivity index (χ3v) is 13.1. The van der Waals surface area contributed by atoms with Crippen LogP contribution in [0.2, 0.25) is 0 Å². The van der Waals surface area contributed by atoms with Crippen LogP contribution < -0.4 is 0 Å². The van der Waals surface area contributed by atoms with E-state index >= 15 is 0 Å². The highest BCUT2D eigenvalue weighted by molar-refractivity contribution is 7.26. The normalized spacial score (nSPS) is 12.0. The maximum atomic E-state index is 2.48. The lowest BCUT2D eigenvalue weighted by Crippen LogP contribution is -1.99. The van der Waals surface area contributed by atoms with Crippen LogP contribution in [0.4, 0.5) is 0 Å². The monoisotopic (exact) mass is 712 g/mol. The Hall–Kier alpha value is -6.80. The fraction of sp³-hybridized carbons (Fsp3) is 0. The van der Waals surface area contributed by atoms with E-state index in [-0.39, 0.29) is 0 Å². The van der Waals surface area contributed by atoms with E-state index in [1.54, 1.807) is 0 Å². The van der Waals surface area contributed by atoms with Crippen molar-refractivity contribution in [3.05, 3.63) is 194 Å². The molecule has 0 unspecified atom stereocenters. The van der Waals surface area contributed by atoms with Gasteiger partial charge in [-0.2, -0.15) is 0 Å². The second-order valence-electron chi connectivity index (χ2n) is 14.7. The average molecular weight is 713 g/mol. The predicted octanol–water partition coefficient (Wildman–Crippen LogP) is 15.8. The summed E-state index contributed by atoms with van der Waals surface area (Å²) in [6, 6.07) is 72.5. The van der Waals surface area contributed by atoms with E-state index in [2.05, 4.69) is 194 Å². The standard InChI is InChI=1S/C54H32S/c1-3-16-37-35(14-1)39-18-6-8-22-43(39)50-31-34(33-28-29-44-40-19-4-2-15-36(40)38-17-5-7-21-42(38)49(44)30-33)32-51(53(50)46-24-10-9-20-41(37)46)48-26-13-25-47-45-23-11-12-27-52(45)55-54(47)48/h1-32H. The highest BCUT2D eigenvalue weighted by Gasteiger charge is 2.26. The SMILES string of the molecule is c1ccc2c(c1)-c1ccccc1-c1cc(-c3ccc4c5ccccc5c5ccccc5c4c3)cc(-c3cccc4c3sc3ccccc34)c1-c1ccccc1-2. The highest BCUT2D eigenvalue weighted by atomic mass is 32.1. The first-order valence-corrected chi connectivity index (χ1v) is 19.8. The Morgan fingerprint density at radius 1 is 0.236 bits per heavy atom. The van der Waals surface area contributed by atoms with Crippen LogP contribution in [-0.4, -0.2) is 0 Å². The van der Waals surface area contributed by atoms with Crippen LogP contribution >= 0.6 is 11.3 Å². The van der Waals surface area contributed by atoms with Gasteiger partial charge in [-0.1, -0.05) is 170 Å². The lowest BCUT2D eigenvalue weighted by molar-refractivity contribution is 1.51. The van der Waals surface area contributed by atoms with Crippen molar-refractivity contribution in [3.63, 3.8) is 0 Å². The van der Waals surface area contributed by atoms with E-state index in [0.29, 0.717) is 0 Å². The summed E-state index contributed by atoms with van der Waals surface area (Å²) >= 11 is 1.90. The van der Waals surface area contributed by atoms with Crippen molar-refractivity contribution < 1.29 is 0 Å². The third-order valence-electron chi connectivity index (χ3n) is 11.8. The Labute approximate surface area is 323 Å². The minimum absolute atomic E-state index is 1.21. The minimum Gasteiger partial charge on any atom is -0.135 e. The van der Waals surface area contributed by atoms with E-state index in [0.717, 1.165) is 0 Å². The number of thiophene rings is 1. The first-order chi connectivity index (χ1) is 27.3. The molecular formula is C54H32S. The second-order valence-corrected chi connectivity index (χ2v) is 15.8. The molecule has 1 aromatic heterocycles. The molecule has 0 atom stereocenters. The van der Waals surface area contributed by atoms with Gasteiger partial charge in [0.1, 0.15) is 0 Å². The lowest BCUT2D eigenvalue weighted by atomic mass is 9.77. The van der Waals surface area contributed by atoms with Crippen LogP contribution in [0.1, 0.15) is 0 Å². The fourth-order valence-electron chi connectivity index (χ4n) is 9.41. The average Bonchev–Trinajstić information content (AvgIpc) is 3.65. The quantitative estimate of drug-likeness (QED) is 0.157. The van der Waals surface area contributed by atoms with Gasteiger partial charge < -0.3 is 0 Å². The van der Waals surface area contributed by atoms with Crippen LogP contribution in [-0.2, 0) is 0 Å². The van der Waals surface area contributed by atoms with E-state index in [1.165, 1.54) is 119 Å². The molecule has 55 heavy (non-hydrogen) atoms. The summed E-state index contributed by atoms with van der Waals surface area (Å²) < 4.78 is 2.64. The summed E-state index contributed by atoms with van der Waals surface area (Å²) in [5, 5.41) is 10.4. The first kappa shape index (κ1) is 30.6. The minimum atomic E-state index is 1.21. The Kier molecular flexibility index (Phi) is 6.60. The summed E-state index contributed by atoms with van der Waals surface area (Å²) in [6.07, 6.45) is 0. The summed E-state index contributed by atoms with van der Waals surface area (Å²) in [5.41, 5.74) is 15.1. The van der Waals surface area contributed by atoms with Crippen LogP contribution in [0.3, 0.4) is 0 Å². The first-order valence-electron chi connectivity index (χ1n) is 19.0. The molecule has 11 aromatic rings. The molecular weight excluding hydrogens is 681 g/mol. The molecule has 10 aromatic carbocycles. The highest BCUT2D eigenvalue weighted by Crippen LogP contribution is 2.53. The predicted molar refractivity (Wildman–Crippen MR) is 238 cm³/mol. The zero-order chi connectivity index (χ0) is 36.0. The van der Waals surface area contributed by atoms with Gasteiger partial charge in [0.25, 0.3) is 0 Å².